The van der Waals surface area contributed by atoms with Gasteiger partial charge in [0, 0.05) is 12.6 Å². The van der Waals surface area contributed by atoms with Crippen LogP contribution in [0.5, 0.6) is 0 Å². The summed E-state index contributed by atoms with van der Waals surface area (Å²) in [7, 11) is 0. The molecular weight excluding hydrogens is 294 g/mol. The van der Waals surface area contributed by atoms with Gasteiger partial charge in [-0.1, -0.05) is 39.0 Å². The van der Waals surface area contributed by atoms with Gasteiger partial charge >= 0.3 is 0 Å². The number of hydrogen-bond acceptors (Lipinski definition) is 3. The first kappa shape index (κ1) is 18.7. The fourth-order valence-corrected chi connectivity index (χ4v) is 2.18. The second-order valence-corrected chi connectivity index (χ2v) is 5.70. The third-order valence-corrected chi connectivity index (χ3v) is 3.40. The maximum Gasteiger partial charge on any atom is 0.243 e. The molecule has 0 aromatic heterocycles. The summed E-state index contributed by atoms with van der Waals surface area (Å²) in [6.07, 6.45) is 0.806. The van der Waals surface area contributed by atoms with Gasteiger partial charge in [0.1, 0.15) is 6.04 Å². The summed E-state index contributed by atoms with van der Waals surface area (Å²) in [5, 5.41) is 7.93. The van der Waals surface area contributed by atoms with Gasteiger partial charge in [0.15, 0.2) is 0 Å². The molecule has 0 aliphatic carbocycles. The van der Waals surface area contributed by atoms with Gasteiger partial charge in [0.2, 0.25) is 17.7 Å². The molecule has 0 fully saturated rings. The molecule has 0 saturated heterocycles. The van der Waals surface area contributed by atoms with Gasteiger partial charge in [-0.15, -0.1) is 0 Å². The van der Waals surface area contributed by atoms with Crippen molar-refractivity contribution in [2.24, 2.45) is 5.92 Å². The van der Waals surface area contributed by atoms with Gasteiger partial charge < -0.3 is 16.0 Å². The number of benzene rings is 1. The number of amides is 3. The highest BCUT2D eigenvalue weighted by Gasteiger charge is 2.23. The molecule has 23 heavy (non-hydrogen) atoms. The Morgan fingerprint density at radius 1 is 1.13 bits per heavy atom. The number of rotatable bonds is 7. The van der Waals surface area contributed by atoms with E-state index in [1.807, 2.05) is 45.0 Å². The van der Waals surface area contributed by atoms with Gasteiger partial charge in [-0.05, 0) is 24.0 Å². The second-order valence-electron chi connectivity index (χ2n) is 5.70. The Morgan fingerprint density at radius 2 is 1.78 bits per heavy atom. The third-order valence-electron chi connectivity index (χ3n) is 3.40. The standard InChI is InChI=1S/C17H25N3O3/c1-5-13-8-6-7-9-14(13)20-15(22)10-18-17(23)16(11(2)3)19-12(4)21/h6-9,11,16H,5,10H2,1-4H3,(H,18,23)(H,19,21)(H,20,22). The Bertz CT molecular complexity index is 570. The molecule has 1 unspecified atom stereocenters. The molecule has 0 heterocycles. The van der Waals surface area contributed by atoms with Crippen LogP contribution >= 0.6 is 0 Å². The molecule has 3 amide bonds. The topological polar surface area (TPSA) is 87.3 Å². The van der Waals surface area contributed by atoms with Crippen LogP contribution in [0.3, 0.4) is 0 Å². The lowest BCUT2D eigenvalue weighted by molar-refractivity contribution is -0.130. The summed E-state index contributed by atoms with van der Waals surface area (Å²) in [5.74, 6) is -1.01. The van der Waals surface area contributed by atoms with Crippen molar-refractivity contribution < 1.29 is 14.4 Å². The van der Waals surface area contributed by atoms with E-state index < -0.39 is 6.04 Å². The lowest BCUT2D eigenvalue weighted by Gasteiger charge is -2.20. The van der Waals surface area contributed by atoms with Gasteiger partial charge in [0.05, 0.1) is 6.54 Å². The Kier molecular flexibility index (Phi) is 7.25. The lowest BCUT2D eigenvalue weighted by Crippen LogP contribution is -2.50. The van der Waals surface area contributed by atoms with Crippen LogP contribution in [0, 0.1) is 5.92 Å². The van der Waals surface area contributed by atoms with Crippen molar-refractivity contribution in [3.63, 3.8) is 0 Å². The number of para-hydroxylation sites is 1. The zero-order valence-corrected chi connectivity index (χ0v) is 14.1. The summed E-state index contributed by atoms with van der Waals surface area (Å²) in [5.41, 5.74) is 1.78. The van der Waals surface area contributed by atoms with Gasteiger partial charge in [0.25, 0.3) is 0 Å². The van der Waals surface area contributed by atoms with E-state index >= 15 is 0 Å². The van der Waals surface area contributed by atoms with E-state index in [-0.39, 0.29) is 30.2 Å². The Labute approximate surface area is 137 Å². The molecule has 1 aromatic carbocycles. The summed E-state index contributed by atoms with van der Waals surface area (Å²) < 4.78 is 0. The Hall–Kier alpha value is -2.37. The fraction of sp³-hybridized carbons (Fsp3) is 0.471. The number of nitrogens with one attached hydrogen (secondary N) is 3. The summed E-state index contributed by atoms with van der Waals surface area (Å²) >= 11 is 0. The van der Waals surface area contributed by atoms with Crippen molar-refractivity contribution in [3.05, 3.63) is 29.8 Å². The molecule has 6 heteroatoms. The fourth-order valence-electron chi connectivity index (χ4n) is 2.18. The van der Waals surface area contributed by atoms with Gasteiger partial charge in [-0.3, -0.25) is 14.4 Å². The monoisotopic (exact) mass is 319 g/mol. The third kappa shape index (κ3) is 6.10. The average Bonchev–Trinajstić information content (AvgIpc) is 2.50. The lowest BCUT2D eigenvalue weighted by atomic mass is 10.0. The van der Waals surface area contributed by atoms with Crippen molar-refractivity contribution in [2.75, 3.05) is 11.9 Å². The summed E-state index contributed by atoms with van der Waals surface area (Å²) in [4.78, 5) is 35.2. The molecule has 3 N–H and O–H groups in total. The first-order valence-corrected chi connectivity index (χ1v) is 7.77. The minimum absolute atomic E-state index is 0.0669. The quantitative estimate of drug-likeness (QED) is 0.711. The molecule has 126 valence electrons. The van der Waals surface area contributed by atoms with E-state index in [9.17, 15) is 14.4 Å². The highest BCUT2D eigenvalue weighted by molar-refractivity contribution is 5.96. The minimum atomic E-state index is -0.650. The Morgan fingerprint density at radius 3 is 2.35 bits per heavy atom. The second kappa shape index (κ2) is 8.92. The minimum Gasteiger partial charge on any atom is -0.345 e. The van der Waals surface area contributed by atoms with Gasteiger partial charge in [-0.2, -0.15) is 0 Å². The van der Waals surface area contributed by atoms with Crippen LogP contribution in [-0.4, -0.2) is 30.3 Å². The van der Waals surface area contributed by atoms with E-state index in [1.165, 1.54) is 6.92 Å². The molecule has 0 aliphatic heterocycles. The maximum atomic E-state index is 12.1. The molecule has 0 spiro atoms. The molecule has 1 atom stereocenters. The predicted molar refractivity (Wildman–Crippen MR) is 89.9 cm³/mol. The van der Waals surface area contributed by atoms with E-state index in [0.717, 1.165) is 17.7 Å². The van der Waals surface area contributed by atoms with Crippen LogP contribution < -0.4 is 16.0 Å². The highest BCUT2D eigenvalue weighted by Crippen LogP contribution is 2.14. The molecule has 1 rings (SSSR count). The summed E-state index contributed by atoms with van der Waals surface area (Å²) in [6.45, 7) is 6.89. The first-order valence-electron chi connectivity index (χ1n) is 7.77. The van der Waals surface area contributed by atoms with Crippen molar-refractivity contribution in [2.45, 2.75) is 40.2 Å². The zero-order valence-electron chi connectivity index (χ0n) is 14.1. The predicted octanol–water partition coefficient (Wildman–Crippen LogP) is 1.46. The van der Waals surface area contributed by atoms with Crippen molar-refractivity contribution in [1.82, 2.24) is 10.6 Å². The van der Waals surface area contributed by atoms with Crippen LogP contribution in [-0.2, 0) is 20.8 Å². The molecule has 1 aromatic rings. The molecule has 6 nitrogen and oxygen atoms in total. The molecule has 0 bridgehead atoms. The smallest absolute Gasteiger partial charge is 0.243 e. The number of hydrogen-bond donors (Lipinski definition) is 3. The van der Waals surface area contributed by atoms with Crippen LogP contribution in [0.2, 0.25) is 0 Å². The number of aryl methyl sites for hydroxylation is 1. The highest BCUT2D eigenvalue weighted by atomic mass is 16.2. The number of anilines is 1. The van der Waals surface area contributed by atoms with E-state index in [1.54, 1.807) is 0 Å². The van der Waals surface area contributed by atoms with Crippen molar-refractivity contribution >= 4 is 23.4 Å². The Balaban J connectivity index is 2.57. The van der Waals surface area contributed by atoms with Crippen LogP contribution in [0.15, 0.2) is 24.3 Å². The molecule has 0 aliphatic rings. The average molecular weight is 319 g/mol. The van der Waals surface area contributed by atoms with E-state index in [2.05, 4.69) is 16.0 Å². The van der Waals surface area contributed by atoms with Crippen LogP contribution in [0.1, 0.15) is 33.3 Å². The van der Waals surface area contributed by atoms with Crippen LogP contribution in [0.4, 0.5) is 5.69 Å². The van der Waals surface area contributed by atoms with Crippen LogP contribution in [0.25, 0.3) is 0 Å². The normalized spacial score (nSPS) is 11.7. The van der Waals surface area contributed by atoms with E-state index in [0.29, 0.717) is 0 Å². The summed E-state index contributed by atoms with van der Waals surface area (Å²) in [6, 6.07) is 6.88. The van der Waals surface area contributed by atoms with Crippen molar-refractivity contribution in [1.29, 1.82) is 0 Å². The molecule has 0 saturated carbocycles. The SMILES string of the molecule is CCc1ccccc1NC(=O)CNC(=O)C(NC(C)=O)C(C)C. The zero-order chi connectivity index (χ0) is 17.4. The molecular formula is C17H25N3O3. The van der Waals surface area contributed by atoms with Crippen molar-refractivity contribution in [3.8, 4) is 0 Å². The first-order chi connectivity index (χ1) is 10.8. The number of carbonyl (C=O) groups is 3. The number of carbonyl (C=O) groups excluding carboxylic acids is 3. The molecule has 0 radical (unpaired) electrons. The largest absolute Gasteiger partial charge is 0.345 e. The van der Waals surface area contributed by atoms with Gasteiger partial charge in [-0.25, -0.2) is 0 Å². The maximum absolute atomic E-state index is 12.1. The van der Waals surface area contributed by atoms with E-state index in [4.69, 9.17) is 0 Å².